The summed E-state index contributed by atoms with van der Waals surface area (Å²) in [6.07, 6.45) is -4.75. The number of alkyl halides is 3. The van der Waals surface area contributed by atoms with Gasteiger partial charge in [-0.3, -0.25) is 4.79 Å². The number of hydrogen-bond donors (Lipinski definition) is 1. The number of piperazine rings is 1. The molecule has 1 aromatic heterocycles. The minimum Gasteiger partial charge on any atom is -0.334 e. The van der Waals surface area contributed by atoms with Crippen molar-refractivity contribution in [2.45, 2.75) is 19.1 Å². The zero-order valence-corrected chi connectivity index (χ0v) is 14.1. The van der Waals surface area contributed by atoms with Crippen LogP contribution in [0.3, 0.4) is 0 Å². The van der Waals surface area contributed by atoms with Crippen LogP contribution in [0.5, 0.6) is 0 Å². The molecule has 1 atom stereocenters. The molecular formula is C15H17ClF3N5O. The third kappa shape index (κ3) is 3.93. The highest BCUT2D eigenvalue weighted by Crippen LogP contribution is 2.33. The number of carbonyl (C=O) groups is 1. The first-order chi connectivity index (χ1) is 11.4. The second-order valence-corrected chi connectivity index (χ2v) is 5.64. The number of carbonyl (C=O) groups excluding carboxylic acids is 1. The highest BCUT2D eigenvalue weighted by atomic mass is 35.5. The van der Waals surface area contributed by atoms with Crippen molar-refractivity contribution in [3.05, 3.63) is 41.7 Å². The quantitative estimate of drug-likeness (QED) is 0.873. The smallest absolute Gasteiger partial charge is 0.334 e. The van der Waals surface area contributed by atoms with Gasteiger partial charge in [-0.05, 0) is 19.1 Å². The predicted molar refractivity (Wildman–Crippen MR) is 87.0 cm³/mol. The second kappa shape index (κ2) is 7.40. The summed E-state index contributed by atoms with van der Waals surface area (Å²) in [6, 6.07) is 7.84. The van der Waals surface area contributed by atoms with Gasteiger partial charge in [-0.25, -0.2) is 4.68 Å². The molecule has 1 fully saturated rings. The maximum absolute atomic E-state index is 13.5. The highest BCUT2D eigenvalue weighted by molar-refractivity contribution is 5.93. The number of para-hydroxylation sites is 1. The molecule has 25 heavy (non-hydrogen) atoms. The van der Waals surface area contributed by atoms with Crippen LogP contribution >= 0.6 is 12.4 Å². The summed E-state index contributed by atoms with van der Waals surface area (Å²) < 4.78 is 41.3. The lowest BCUT2D eigenvalue weighted by molar-refractivity contribution is -0.143. The van der Waals surface area contributed by atoms with Crippen LogP contribution in [0.2, 0.25) is 0 Å². The molecule has 0 saturated carbocycles. The Hall–Kier alpha value is -2.13. The Morgan fingerprint density at radius 3 is 2.56 bits per heavy atom. The molecule has 1 saturated heterocycles. The molecule has 1 unspecified atom stereocenters. The molecule has 1 N–H and O–H groups in total. The van der Waals surface area contributed by atoms with Crippen LogP contribution in [0.15, 0.2) is 30.3 Å². The van der Waals surface area contributed by atoms with E-state index in [2.05, 4.69) is 15.6 Å². The Balaban J connectivity index is 0.00000225. The van der Waals surface area contributed by atoms with Gasteiger partial charge in [0.1, 0.15) is 0 Å². The fourth-order valence-corrected chi connectivity index (χ4v) is 2.70. The molecule has 0 bridgehead atoms. The van der Waals surface area contributed by atoms with Crippen LogP contribution < -0.4 is 5.32 Å². The van der Waals surface area contributed by atoms with Crippen LogP contribution in [0.1, 0.15) is 23.1 Å². The van der Waals surface area contributed by atoms with E-state index >= 15 is 0 Å². The maximum atomic E-state index is 13.5. The number of hydrogen-bond acceptors (Lipinski definition) is 4. The van der Waals surface area contributed by atoms with Gasteiger partial charge in [-0.15, -0.1) is 17.5 Å². The largest absolute Gasteiger partial charge is 0.435 e. The minimum absolute atomic E-state index is 0. The van der Waals surface area contributed by atoms with Gasteiger partial charge in [0.05, 0.1) is 5.69 Å². The summed E-state index contributed by atoms with van der Waals surface area (Å²) in [6.45, 7) is 3.05. The van der Waals surface area contributed by atoms with Gasteiger partial charge in [0.2, 0.25) is 0 Å². The molecule has 0 radical (unpaired) electrons. The third-order valence-corrected chi connectivity index (χ3v) is 3.80. The van der Waals surface area contributed by atoms with E-state index in [0.29, 0.717) is 24.3 Å². The van der Waals surface area contributed by atoms with Gasteiger partial charge in [-0.2, -0.15) is 13.2 Å². The summed E-state index contributed by atoms with van der Waals surface area (Å²) in [5, 5.41) is 10.2. The standard InChI is InChI=1S/C15H16F3N5O.ClH/c1-10-9-22(8-7-19-10)14(24)12-13(15(16,17)18)23(21-20-12)11-5-3-2-4-6-11;/h2-6,10,19H,7-9H2,1H3;1H. The lowest BCUT2D eigenvalue weighted by Crippen LogP contribution is -2.51. The van der Waals surface area contributed by atoms with Gasteiger partial charge in [-0.1, -0.05) is 23.4 Å². The molecular weight excluding hydrogens is 359 g/mol. The van der Waals surface area contributed by atoms with Crippen molar-refractivity contribution in [1.29, 1.82) is 0 Å². The number of halogens is 4. The van der Waals surface area contributed by atoms with E-state index in [1.54, 1.807) is 18.2 Å². The van der Waals surface area contributed by atoms with Crippen molar-refractivity contribution >= 4 is 18.3 Å². The number of benzene rings is 1. The van der Waals surface area contributed by atoms with Gasteiger partial charge in [0.25, 0.3) is 5.91 Å². The van der Waals surface area contributed by atoms with Crippen LogP contribution in [-0.4, -0.2) is 51.5 Å². The van der Waals surface area contributed by atoms with Crippen molar-refractivity contribution in [3.8, 4) is 5.69 Å². The van der Waals surface area contributed by atoms with E-state index in [4.69, 9.17) is 0 Å². The van der Waals surface area contributed by atoms with Crippen LogP contribution in [0, 0.1) is 0 Å². The van der Waals surface area contributed by atoms with Crippen LogP contribution in [0.25, 0.3) is 5.69 Å². The zero-order valence-electron chi connectivity index (χ0n) is 13.3. The summed E-state index contributed by atoms with van der Waals surface area (Å²) in [5.74, 6) is -0.752. The Morgan fingerprint density at radius 1 is 1.28 bits per heavy atom. The molecule has 1 aliphatic heterocycles. The van der Waals surface area contributed by atoms with E-state index in [0.717, 1.165) is 0 Å². The molecule has 2 heterocycles. The first-order valence-corrected chi connectivity index (χ1v) is 7.49. The Kier molecular flexibility index (Phi) is 5.69. The van der Waals surface area contributed by atoms with E-state index in [1.165, 1.54) is 17.0 Å². The monoisotopic (exact) mass is 375 g/mol. The molecule has 10 heteroatoms. The molecule has 6 nitrogen and oxygen atoms in total. The van der Waals surface area contributed by atoms with Gasteiger partial charge in [0.15, 0.2) is 11.4 Å². The summed E-state index contributed by atoms with van der Waals surface area (Å²) in [5.41, 5.74) is -1.62. The van der Waals surface area contributed by atoms with Gasteiger partial charge in [0, 0.05) is 25.7 Å². The normalized spacial score (nSPS) is 17.9. The summed E-state index contributed by atoms with van der Waals surface area (Å²) in [7, 11) is 0. The Labute approximate surface area is 148 Å². The Morgan fingerprint density at radius 2 is 1.96 bits per heavy atom. The number of aromatic nitrogens is 3. The van der Waals surface area contributed by atoms with Crippen molar-refractivity contribution in [2.75, 3.05) is 19.6 Å². The first-order valence-electron chi connectivity index (χ1n) is 7.49. The SMILES string of the molecule is CC1CN(C(=O)c2nnn(-c3ccccc3)c2C(F)(F)F)CCN1.Cl. The van der Waals surface area contributed by atoms with Crippen LogP contribution in [-0.2, 0) is 6.18 Å². The first kappa shape index (κ1) is 19.2. The number of nitrogens with one attached hydrogen (secondary N) is 1. The average Bonchev–Trinajstić information content (AvgIpc) is 3.00. The molecule has 1 aromatic carbocycles. The van der Waals surface area contributed by atoms with E-state index in [1.807, 2.05) is 6.92 Å². The third-order valence-electron chi connectivity index (χ3n) is 3.80. The number of amides is 1. The second-order valence-electron chi connectivity index (χ2n) is 5.64. The van der Waals surface area contributed by atoms with Gasteiger partial charge < -0.3 is 10.2 Å². The van der Waals surface area contributed by atoms with Crippen molar-refractivity contribution in [1.82, 2.24) is 25.2 Å². The Bertz CT molecular complexity index is 735. The van der Waals surface area contributed by atoms with E-state index in [-0.39, 0.29) is 24.1 Å². The van der Waals surface area contributed by atoms with E-state index in [9.17, 15) is 18.0 Å². The average molecular weight is 376 g/mol. The molecule has 0 spiro atoms. The van der Waals surface area contributed by atoms with Gasteiger partial charge >= 0.3 is 6.18 Å². The predicted octanol–water partition coefficient (Wildman–Crippen LogP) is 2.14. The molecule has 0 aliphatic carbocycles. The van der Waals surface area contributed by atoms with E-state index < -0.39 is 23.5 Å². The fourth-order valence-electron chi connectivity index (χ4n) is 2.70. The summed E-state index contributed by atoms with van der Waals surface area (Å²) >= 11 is 0. The van der Waals surface area contributed by atoms with Crippen molar-refractivity contribution in [3.63, 3.8) is 0 Å². The van der Waals surface area contributed by atoms with Crippen molar-refractivity contribution in [2.24, 2.45) is 0 Å². The summed E-state index contributed by atoms with van der Waals surface area (Å²) in [4.78, 5) is 13.9. The van der Waals surface area contributed by atoms with Crippen LogP contribution in [0.4, 0.5) is 13.2 Å². The number of rotatable bonds is 2. The fraction of sp³-hybridized carbons (Fsp3) is 0.400. The minimum atomic E-state index is -4.75. The molecule has 2 aromatic rings. The lowest BCUT2D eigenvalue weighted by atomic mass is 10.2. The van der Waals surface area contributed by atoms with Crippen molar-refractivity contribution < 1.29 is 18.0 Å². The number of nitrogens with zero attached hydrogens (tertiary/aromatic N) is 4. The topological polar surface area (TPSA) is 63.1 Å². The molecule has 3 rings (SSSR count). The maximum Gasteiger partial charge on any atom is 0.435 e. The molecule has 1 amide bonds. The molecule has 1 aliphatic rings. The lowest BCUT2D eigenvalue weighted by Gasteiger charge is -2.31. The molecule has 136 valence electrons. The highest BCUT2D eigenvalue weighted by Gasteiger charge is 2.43. The zero-order chi connectivity index (χ0) is 17.3.